The van der Waals surface area contributed by atoms with Gasteiger partial charge in [-0.3, -0.25) is 4.79 Å². The average molecular weight is 339 g/mol. The predicted molar refractivity (Wildman–Crippen MR) is 85.3 cm³/mol. The van der Waals surface area contributed by atoms with E-state index in [-0.39, 0.29) is 17.5 Å². The van der Waals surface area contributed by atoms with Gasteiger partial charge in [0.25, 0.3) is 0 Å². The number of carbonyl (C=O) groups is 1. The molecule has 3 nitrogen and oxygen atoms in total. The van der Waals surface area contributed by atoms with Crippen molar-refractivity contribution in [2.24, 2.45) is 5.73 Å². The van der Waals surface area contributed by atoms with Crippen molar-refractivity contribution < 1.29 is 4.79 Å². The molecule has 1 atom stereocenters. The van der Waals surface area contributed by atoms with Crippen LogP contribution in [0.1, 0.15) is 57.1 Å². The zero-order chi connectivity index (χ0) is 14.6. The molecule has 0 aromatic heterocycles. The van der Waals surface area contributed by atoms with Gasteiger partial charge >= 0.3 is 0 Å². The van der Waals surface area contributed by atoms with Crippen molar-refractivity contribution >= 4 is 21.8 Å². The minimum atomic E-state index is -0.292. The fourth-order valence-corrected chi connectivity index (χ4v) is 3.32. The van der Waals surface area contributed by atoms with Gasteiger partial charge in [0.05, 0.1) is 6.04 Å². The maximum absolute atomic E-state index is 12.2. The van der Waals surface area contributed by atoms with Gasteiger partial charge in [-0.25, -0.2) is 0 Å². The molecule has 110 valence electrons. The molecule has 3 N–H and O–H groups in total. The molecule has 4 heteroatoms. The molecular weight excluding hydrogens is 316 g/mol. The van der Waals surface area contributed by atoms with Crippen molar-refractivity contribution in [1.82, 2.24) is 5.32 Å². The van der Waals surface area contributed by atoms with E-state index in [1.807, 2.05) is 31.2 Å². The number of amides is 1. The Balaban J connectivity index is 1.90. The van der Waals surface area contributed by atoms with Gasteiger partial charge in [-0.05, 0) is 37.5 Å². The molecule has 0 bridgehead atoms. The summed E-state index contributed by atoms with van der Waals surface area (Å²) in [7, 11) is 0. The lowest BCUT2D eigenvalue weighted by molar-refractivity contribution is -0.123. The first kappa shape index (κ1) is 15.5. The first-order valence-electron chi connectivity index (χ1n) is 7.32. The van der Waals surface area contributed by atoms with Crippen molar-refractivity contribution in [3.05, 3.63) is 34.3 Å². The zero-order valence-corrected chi connectivity index (χ0v) is 13.6. The number of hydrogen-bond donors (Lipinski definition) is 2. The molecule has 0 heterocycles. The maximum Gasteiger partial charge on any atom is 0.222 e. The molecule has 1 aliphatic carbocycles. The molecule has 0 saturated heterocycles. The van der Waals surface area contributed by atoms with Crippen molar-refractivity contribution in [1.29, 1.82) is 0 Å². The highest BCUT2D eigenvalue weighted by Gasteiger charge is 2.30. The van der Waals surface area contributed by atoms with E-state index in [2.05, 4.69) is 21.2 Å². The summed E-state index contributed by atoms with van der Waals surface area (Å²) >= 11 is 3.45. The molecule has 20 heavy (non-hydrogen) atoms. The van der Waals surface area contributed by atoms with Gasteiger partial charge < -0.3 is 11.1 Å². The highest BCUT2D eigenvalue weighted by Crippen LogP contribution is 2.29. The van der Waals surface area contributed by atoms with Crippen LogP contribution in [-0.4, -0.2) is 11.4 Å². The van der Waals surface area contributed by atoms with E-state index >= 15 is 0 Å². The van der Waals surface area contributed by atoms with Gasteiger partial charge in [-0.15, -0.1) is 0 Å². The van der Waals surface area contributed by atoms with Crippen molar-refractivity contribution in [3.8, 4) is 0 Å². The largest absolute Gasteiger partial charge is 0.350 e. The summed E-state index contributed by atoms with van der Waals surface area (Å²) in [6.45, 7) is 2.00. The Kier molecular flexibility index (Phi) is 5.22. The van der Waals surface area contributed by atoms with Gasteiger partial charge in [0.2, 0.25) is 5.91 Å². The fourth-order valence-electron chi connectivity index (χ4n) is 2.90. The van der Waals surface area contributed by atoms with Gasteiger partial charge in [0.15, 0.2) is 0 Å². The van der Waals surface area contributed by atoms with E-state index in [1.54, 1.807) is 0 Å². The highest BCUT2D eigenvalue weighted by molar-refractivity contribution is 9.10. The van der Waals surface area contributed by atoms with E-state index in [1.165, 1.54) is 6.42 Å². The maximum atomic E-state index is 12.2. The second-order valence-corrected chi connectivity index (χ2v) is 6.86. The average Bonchev–Trinajstić information content (AvgIpc) is 2.38. The lowest BCUT2D eigenvalue weighted by Gasteiger charge is -2.33. The van der Waals surface area contributed by atoms with Crippen molar-refractivity contribution in [3.63, 3.8) is 0 Å². The molecule has 0 aliphatic heterocycles. The van der Waals surface area contributed by atoms with Crippen LogP contribution in [0.5, 0.6) is 0 Å². The second-order valence-electron chi connectivity index (χ2n) is 5.94. The van der Waals surface area contributed by atoms with Crippen LogP contribution in [0.4, 0.5) is 0 Å². The molecule has 1 saturated carbocycles. The van der Waals surface area contributed by atoms with Gasteiger partial charge in [-0.2, -0.15) is 0 Å². The second kappa shape index (κ2) is 6.72. The highest BCUT2D eigenvalue weighted by atomic mass is 79.9. The van der Waals surface area contributed by atoms with Gasteiger partial charge in [-0.1, -0.05) is 47.3 Å². The van der Waals surface area contributed by atoms with Crippen LogP contribution in [0, 0.1) is 0 Å². The predicted octanol–water partition coefficient (Wildman–Crippen LogP) is 3.68. The fraction of sp³-hybridized carbons (Fsp3) is 0.562. The molecule has 1 unspecified atom stereocenters. The minimum absolute atomic E-state index is 0.00666. The van der Waals surface area contributed by atoms with E-state index in [9.17, 15) is 4.79 Å². The number of rotatable bonds is 4. The zero-order valence-electron chi connectivity index (χ0n) is 12.0. The third-order valence-electron chi connectivity index (χ3n) is 4.09. The SMILES string of the molecule is CC(NC(=O)CC1(N)CCCCC1)c1cccc(Br)c1. The molecular formula is C16H23BrN2O. The summed E-state index contributed by atoms with van der Waals surface area (Å²) in [5.74, 6) is 0.0573. The normalized spacial score (nSPS) is 19.4. The monoisotopic (exact) mass is 338 g/mol. The molecule has 1 fully saturated rings. The van der Waals surface area contributed by atoms with E-state index in [0.29, 0.717) is 6.42 Å². The summed E-state index contributed by atoms with van der Waals surface area (Å²) in [4.78, 5) is 12.2. The molecule has 2 rings (SSSR count). The Hall–Kier alpha value is -0.870. The van der Waals surface area contributed by atoms with Gasteiger partial charge in [0.1, 0.15) is 0 Å². The third-order valence-corrected chi connectivity index (χ3v) is 4.58. The summed E-state index contributed by atoms with van der Waals surface area (Å²) in [6, 6.07) is 8.02. The van der Waals surface area contributed by atoms with Crippen LogP contribution < -0.4 is 11.1 Å². The standard InChI is InChI=1S/C16H23BrN2O/c1-12(13-6-5-7-14(17)10-13)19-15(20)11-16(18)8-3-2-4-9-16/h5-7,10,12H,2-4,8-9,11,18H2,1H3,(H,19,20). The van der Waals surface area contributed by atoms with Crippen molar-refractivity contribution in [2.75, 3.05) is 0 Å². The Labute approximate surface area is 129 Å². The van der Waals surface area contributed by atoms with Crippen LogP contribution in [0.15, 0.2) is 28.7 Å². The number of carbonyl (C=O) groups excluding carboxylic acids is 1. The lowest BCUT2D eigenvalue weighted by atomic mass is 9.80. The Morgan fingerprint density at radius 3 is 2.75 bits per heavy atom. The molecule has 0 radical (unpaired) electrons. The topological polar surface area (TPSA) is 55.1 Å². The summed E-state index contributed by atoms with van der Waals surface area (Å²) in [5, 5.41) is 3.06. The minimum Gasteiger partial charge on any atom is -0.350 e. The number of halogens is 1. The summed E-state index contributed by atoms with van der Waals surface area (Å²) in [5.41, 5.74) is 7.14. The molecule has 1 amide bonds. The molecule has 1 aromatic carbocycles. The third kappa shape index (κ3) is 4.32. The Bertz CT molecular complexity index is 469. The number of nitrogens with one attached hydrogen (secondary N) is 1. The molecule has 1 aromatic rings. The summed E-state index contributed by atoms with van der Waals surface area (Å²) in [6.07, 6.45) is 5.90. The number of benzene rings is 1. The van der Waals surface area contributed by atoms with E-state index in [4.69, 9.17) is 5.73 Å². The van der Waals surface area contributed by atoms with Crippen LogP contribution in [-0.2, 0) is 4.79 Å². The quantitative estimate of drug-likeness (QED) is 0.879. The number of hydrogen-bond acceptors (Lipinski definition) is 2. The first-order valence-corrected chi connectivity index (χ1v) is 8.12. The smallest absolute Gasteiger partial charge is 0.222 e. The Morgan fingerprint density at radius 2 is 2.10 bits per heavy atom. The summed E-state index contributed by atoms with van der Waals surface area (Å²) < 4.78 is 1.03. The van der Waals surface area contributed by atoms with Crippen LogP contribution in [0.3, 0.4) is 0 Å². The van der Waals surface area contributed by atoms with Crippen LogP contribution >= 0.6 is 15.9 Å². The first-order chi connectivity index (χ1) is 9.48. The van der Waals surface area contributed by atoms with Gasteiger partial charge in [0, 0.05) is 16.4 Å². The lowest BCUT2D eigenvalue weighted by Crippen LogP contribution is -2.46. The Morgan fingerprint density at radius 1 is 1.40 bits per heavy atom. The molecule has 1 aliphatic rings. The molecule has 0 spiro atoms. The van der Waals surface area contributed by atoms with Crippen LogP contribution in [0.25, 0.3) is 0 Å². The van der Waals surface area contributed by atoms with Crippen LogP contribution in [0.2, 0.25) is 0 Å². The number of nitrogens with two attached hydrogens (primary N) is 1. The van der Waals surface area contributed by atoms with Crippen molar-refractivity contribution in [2.45, 2.75) is 57.0 Å². The van der Waals surface area contributed by atoms with E-state index < -0.39 is 0 Å². The van der Waals surface area contributed by atoms with E-state index in [0.717, 1.165) is 35.7 Å².